The van der Waals surface area contributed by atoms with Gasteiger partial charge < -0.3 is 4.74 Å². The van der Waals surface area contributed by atoms with Crippen molar-refractivity contribution in [2.75, 3.05) is 0 Å². The highest BCUT2D eigenvalue weighted by molar-refractivity contribution is 6.07. The summed E-state index contributed by atoms with van der Waals surface area (Å²) in [7, 11) is 0. The maximum Gasteiger partial charge on any atom is 0.423 e. The molecule has 1 radical (unpaired) electrons. The Morgan fingerprint density at radius 1 is 0.824 bits per heavy atom. The first-order chi connectivity index (χ1) is 8.38. The van der Waals surface area contributed by atoms with E-state index in [1.807, 2.05) is 30.3 Å². The maximum atomic E-state index is 10.2. The molecule has 0 aliphatic heterocycles. The van der Waals surface area contributed by atoms with Gasteiger partial charge in [-0.3, -0.25) is 0 Å². The van der Waals surface area contributed by atoms with Crippen LogP contribution in [0.4, 0.5) is 0 Å². The molecule has 0 amide bonds. The van der Waals surface area contributed by atoms with Gasteiger partial charge in [0, 0.05) is 0 Å². The average molecular weight is 221 g/mol. The first-order valence-corrected chi connectivity index (χ1v) is 5.34. The van der Waals surface area contributed by atoms with Gasteiger partial charge in [0.2, 0.25) is 0 Å². The lowest BCUT2D eigenvalue weighted by molar-refractivity contribution is 0.443. The van der Waals surface area contributed by atoms with Crippen LogP contribution in [0.25, 0.3) is 21.5 Å². The topological polar surface area (TPSA) is 26.3 Å². The Bertz CT molecular complexity index is 701. The summed E-state index contributed by atoms with van der Waals surface area (Å²) in [4.78, 5) is 10.2. The molecule has 0 atom stereocenters. The predicted molar refractivity (Wildman–Crippen MR) is 67.8 cm³/mol. The molecule has 0 saturated carbocycles. The third-order valence-corrected chi connectivity index (χ3v) is 2.88. The molecule has 17 heavy (non-hydrogen) atoms. The molecule has 0 fully saturated rings. The smallest absolute Gasteiger partial charge is 0.418 e. The SMILES string of the molecule is O=[C]Oc1ccc2c(ccc3ccccc32)c1. The zero-order chi connectivity index (χ0) is 11.7. The van der Waals surface area contributed by atoms with Gasteiger partial charge in [0.05, 0.1) is 0 Å². The molecule has 0 N–H and O–H groups in total. The van der Waals surface area contributed by atoms with Crippen LogP contribution in [0.5, 0.6) is 5.75 Å². The Kier molecular flexibility index (Phi) is 2.26. The molecule has 0 aliphatic carbocycles. The quantitative estimate of drug-likeness (QED) is 0.619. The van der Waals surface area contributed by atoms with E-state index < -0.39 is 0 Å². The number of carbonyl (C=O) groups excluding carboxylic acids is 1. The molecule has 0 saturated heterocycles. The fourth-order valence-electron chi connectivity index (χ4n) is 2.10. The maximum absolute atomic E-state index is 10.2. The molecule has 3 aromatic rings. The van der Waals surface area contributed by atoms with E-state index in [4.69, 9.17) is 4.74 Å². The van der Waals surface area contributed by atoms with E-state index in [0.717, 1.165) is 10.8 Å². The molecule has 2 nitrogen and oxygen atoms in total. The second-order valence-electron chi connectivity index (χ2n) is 3.86. The third kappa shape index (κ3) is 1.64. The van der Waals surface area contributed by atoms with Gasteiger partial charge in [0.25, 0.3) is 0 Å². The summed E-state index contributed by atoms with van der Waals surface area (Å²) in [5.41, 5.74) is 0. The van der Waals surface area contributed by atoms with Crippen LogP contribution in [0, 0.1) is 0 Å². The molecule has 0 aromatic heterocycles. The second-order valence-corrected chi connectivity index (χ2v) is 3.86. The molecule has 3 aromatic carbocycles. The molecule has 81 valence electrons. The van der Waals surface area contributed by atoms with Crippen molar-refractivity contribution < 1.29 is 9.53 Å². The van der Waals surface area contributed by atoms with Gasteiger partial charge in [-0.25, -0.2) is 4.79 Å². The lowest BCUT2D eigenvalue weighted by atomic mass is 10.0. The van der Waals surface area contributed by atoms with Gasteiger partial charge in [0.1, 0.15) is 5.75 Å². The average Bonchev–Trinajstić information content (AvgIpc) is 2.39. The monoisotopic (exact) mass is 221 g/mol. The minimum Gasteiger partial charge on any atom is -0.418 e. The summed E-state index contributed by atoms with van der Waals surface area (Å²) in [5, 5.41) is 4.61. The molecule has 0 aliphatic rings. The Hall–Kier alpha value is -2.35. The van der Waals surface area contributed by atoms with E-state index in [2.05, 4.69) is 18.2 Å². The summed E-state index contributed by atoms with van der Waals surface area (Å²) >= 11 is 0. The number of benzene rings is 3. The van der Waals surface area contributed by atoms with Gasteiger partial charge in [0.15, 0.2) is 0 Å². The van der Waals surface area contributed by atoms with Crippen molar-refractivity contribution in [1.29, 1.82) is 0 Å². The van der Waals surface area contributed by atoms with Crippen molar-refractivity contribution in [2.45, 2.75) is 0 Å². The van der Waals surface area contributed by atoms with Crippen LogP contribution in [-0.2, 0) is 4.79 Å². The standard InChI is InChI=1S/C15H9O2/c16-10-17-13-7-8-15-12(9-13)6-5-11-3-1-2-4-14(11)15/h1-9H. The Balaban J connectivity index is 2.33. The summed E-state index contributed by atoms with van der Waals surface area (Å²) in [5.74, 6) is 0.516. The van der Waals surface area contributed by atoms with Crippen molar-refractivity contribution in [1.82, 2.24) is 0 Å². The number of fused-ring (bicyclic) bond motifs is 3. The minimum atomic E-state index is 0.516. The number of hydrogen-bond donors (Lipinski definition) is 0. The zero-order valence-electron chi connectivity index (χ0n) is 9.01. The lowest BCUT2D eigenvalue weighted by Crippen LogP contribution is -1.87. The molecule has 0 unspecified atom stereocenters. The van der Waals surface area contributed by atoms with Crippen LogP contribution in [0.1, 0.15) is 0 Å². The molecular weight excluding hydrogens is 212 g/mol. The van der Waals surface area contributed by atoms with Crippen molar-refractivity contribution >= 4 is 28.0 Å². The molecule has 2 heteroatoms. The van der Waals surface area contributed by atoms with Crippen LogP contribution in [-0.4, -0.2) is 6.47 Å². The first-order valence-electron chi connectivity index (χ1n) is 5.34. The number of hydrogen-bond acceptors (Lipinski definition) is 2. The van der Waals surface area contributed by atoms with Crippen LogP contribution in [0.2, 0.25) is 0 Å². The first kappa shape index (κ1) is 9.85. The predicted octanol–water partition coefficient (Wildman–Crippen LogP) is 3.44. The Morgan fingerprint density at radius 2 is 1.59 bits per heavy atom. The van der Waals surface area contributed by atoms with Gasteiger partial charge >= 0.3 is 6.47 Å². The summed E-state index contributed by atoms with van der Waals surface area (Å²) in [6.45, 7) is 1.44. The van der Waals surface area contributed by atoms with Crippen LogP contribution in [0.3, 0.4) is 0 Å². The van der Waals surface area contributed by atoms with E-state index in [0.29, 0.717) is 5.75 Å². The van der Waals surface area contributed by atoms with Gasteiger partial charge in [-0.15, -0.1) is 0 Å². The van der Waals surface area contributed by atoms with Gasteiger partial charge in [-0.2, -0.15) is 0 Å². The molecule has 0 spiro atoms. The fraction of sp³-hybridized carbons (Fsp3) is 0. The lowest BCUT2D eigenvalue weighted by Gasteiger charge is -2.04. The van der Waals surface area contributed by atoms with E-state index in [1.165, 1.54) is 17.2 Å². The molecule has 3 rings (SSSR count). The van der Waals surface area contributed by atoms with E-state index in [1.54, 1.807) is 6.07 Å². The minimum absolute atomic E-state index is 0.516. The second kappa shape index (κ2) is 3.91. The largest absolute Gasteiger partial charge is 0.423 e. The van der Waals surface area contributed by atoms with Crippen molar-refractivity contribution in [3.8, 4) is 5.75 Å². The summed E-state index contributed by atoms with van der Waals surface area (Å²) < 4.78 is 4.72. The summed E-state index contributed by atoms with van der Waals surface area (Å²) in [6.07, 6.45) is 0. The number of ether oxygens (including phenoxy) is 1. The van der Waals surface area contributed by atoms with Crippen molar-refractivity contribution in [3.05, 3.63) is 54.6 Å². The zero-order valence-corrected chi connectivity index (χ0v) is 9.01. The fourth-order valence-corrected chi connectivity index (χ4v) is 2.10. The van der Waals surface area contributed by atoms with Gasteiger partial charge in [-0.05, 0) is 33.7 Å². The highest BCUT2D eigenvalue weighted by atomic mass is 16.5. The van der Waals surface area contributed by atoms with E-state index >= 15 is 0 Å². The van der Waals surface area contributed by atoms with E-state index in [9.17, 15) is 4.79 Å². The molecular formula is C15H9O2. The summed E-state index contributed by atoms with van der Waals surface area (Å²) in [6, 6.07) is 17.9. The van der Waals surface area contributed by atoms with E-state index in [-0.39, 0.29) is 0 Å². The van der Waals surface area contributed by atoms with Crippen LogP contribution < -0.4 is 4.74 Å². The highest BCUT2D eigenvalue weighted by Gasteiger charge is 2.01. The van der Waals surface area contributed by atoms with Crippen LogP contribution in [0.15, 0.2) is 54.6 Å². The van der Waals surface area contributed by atoms with Gasteiger partial charge in [-0.1, -0.05) is 42.5 Å². The van der Waals surface area contributed by atoms with Crippen molar-refractivity contribution in [2.24, 2.45) is 0 Å². The van der Waals surface area contributed by atoms with Crippen molar-refractivity contribution in [3.63, 3.8) is 0 Å². The Morgan fingerprint density at radius 3 is 2.47 bits per heavy atom. The normalized spacial score (nSPS) is 10.6. The van der Waals surface area contributed by atoms with Crippen LogP contribution >= 0.6 is 0 Å². The Labute approximate surface area is 98.4 Å². The number of rotatable bonds is 2. The highest BCUT2D eigenvalue weighted by Crippen LogP contribution is 2.27. The molecule has 0 bridgehead atoms. The third-order valence-electron chi connectivity index (χ3n) is 2.88. The molecule has 0 heterocycles.